The van der Waals surface area contributed by atoms with E-state index in [-0.39, 0.29) is 12.5 Å². The van der Waals surface area contributed by atoms with Gasteiger partial charge in [0.1, 0.15) is 6.54 Å². The van der Waals surface area contributed by atoms with E-state index in [2.05, 4.69) is 32.6 Å². The van der Waals surface area contributed by atoms with Crippen molar-refractivity contribution in [2.45, 2.75) is 13.5 Å². The number of rotatable bonds is 6. The Morgan fingerprint density at radius 2 is 2.08 bits per heavy atom. The molecule has 0 aliphatic rings. The fourth-order valence-electron chi connectivity index (χ4n) is 2.56. The third-order valence-electron chi connectivity index (χ3n) is 3.78. The van der Waals surface area contributed by atoms with Crippen LogP contribution in [0.4, 0.5) is 0 Å². The molecule has 132 valence electrons. The van der Waals surface area contributed by atoms with Crippen LogP contribution in [-0.4, -0.2) is 27.5 Å². The van der Waals surface area contributed by atoms with E-state index in [4.69, 9.17) is 4.52 Å². The van der Waals surface area contributed by atoms with Crippen molar-refractivity contribution in [2.24, 2.45) is 0 Å². The molecular formula is C20H18BrN3O2. The maximum atomic E-state index is 12.8. The molecule has 0 bridgehead atoms. The number of hydrogen-bond acceptors (Lipinski definition) is 4. The summed E-state index contributed by atoms with van der Waals surface area (Å²) in [5.41, 5.74) is 2.58. The molecule has 2 aromatic carbocycles. The zero-order chi connectivity index (χ0) is 18.5. The summed E-state index contributed by atoms with van der Waals surface area (Å²) in [7, 11) is 0. The van der Waals surface area contributed by atoms with Crippen molar-refractivity contribution < 1.29 is 9.32 Å². The summed E-state index contributed by atoms with van der Waals surface area (Å²) in [6, 6.07) is 15.1. The van der Waals surface area contributed by atoms with Gasteiger partial charge in [-0.2, -0.15) is 4.98 Å². The Labute approximate surface area is 160 Å². The third-order valence-corrected chi connectivity index (χ3v) is 4.27. The molecule has 26 heavy (non-hydrogen) atoms. The van der Waals surface area contributed by atoms with Gasteiger partial charge in [0.2, 0.25) is 11.7 Å². The number of aromatic nitrogens is 2. The highest BCUT2D eigenvalue weighted by Crippen LogP contribution is 2.19. The van der Waals surface area contributed by atoms with E-state index in [0.29, 0.717) is 23.8 Å². The molecule has 0 N–H and O–H groups in total. The molecule has 0 unspecified atom stereocenters. The molecule has 5 nitrogen and oxygen atoms in total. The molecular weight excluding hydrogens is 394 g/mol. The standard InChI is InChI=1S/C20H18BrN3O2/c1-3-10-24(20(25)16-8-5-9-17(21)12-16)13-18-22-19(23-26-18)15-7-4-6-14(2)11-15/h3-9,11-12H,1,10,13H2,2H3. The Morgan fingerprint density at radius 3 is 2.81 bits per heavy atom. The average Bonchev–Trinajstić information content (AvgIpc) is 3.09. The van der Waals surface area contributed by atoms with Gasteiger partial charge in [0.25, 0.3) is 5.91 Å². The maximum absolute atomic E-state index is 12.8. The topological polar surface area (TPSA) is 59.2 Å². The molecule has 0 radical (unpaired) electrons. The lowest BCUT2D eigenvalue weighted by Gasteiger charge is -2.19. The molecule has 6 heteroatoms. The molecule has 0 fully saturated rings. The van der Waals surface area contributed by atoms with Gasteiger partial charge in [0.05, 0.1) is 0 Å². The van der Waals surface area contributed by atoms with Crippen molar-refractivity contribution in [3.63, 3.8) is 0 Å². The third kappa shape index (κ3) is 4.26. The lowest BCUT2D eigenvalue weighted by molar-refractivity contribution is 0.0745. The smallest absolute Gasteiger partial charge is 0.254 e. The summed E-state index contributed by atoms with van der Waals surface area (Å²) in [6.07, 6.45) is 1.67. The second-order valence-corrected chi connectivity index (χ2v) is 6.78. The summed E-state index contributed by atoms with van der Waals surface area (Å²) in [5, 5.41) is 4.03. The number of halogens is 1. The first kappa shape index (κ1) is 18.1. The van der Waals surface area contributed by atoms with Crippen LogP contribution < -0.4 is 0 Å². The van der Waals surface area contributed by atoms with Gasteiger partial charge in [-0.05, 0) is 31.2 Å². The van der Waals surface area contributed by atoms with Crippen LogP contribution in [-0.2, 0) is 6.54 Å². The molecule has 1 aromatic heterocycles. The molecule has 3 rings (SSSR count). The Balaban J connectivity index is 1.80. The van der Waals surface area contributed by atoms with Crippen molar-refractivity contribution in [3.8, 4) is 11.4 Å². The molecule has 0 saturated heterocycles. The molecule has 0 aliphatic carbocycles. The van der Waals surface area contributed by atoms with Crippen molar-refractivity contribution in [1.82, 2.24) is 15.0 Å². The van der Waals surface area contributed by atoms with E-state index in [1.807, 2.05) is 43.3 Å². The Hall–Kier alpha value is -2.73. The van der Waals surface area contributed by atoms with E-state index in [1.165, 1.54) is 0 Å². The van der Waals surface area contributed by atoms with Crippen LogP contribution in [0, 0.1) is 6.92 Å². The van der Waals surface area contributed by atoms with Gasteiger partial charge in [-0.25, -0.2) is 0 Å². The Bertz CT molecular complexity index is 936. The quantitative estimate of drug-likeness (QED) is 0.554. The van der Waals surface area contributed by atoms with Crippen molar-refractivity contribution >= 4 is 21.8 Å². The number of benzene rings is 2. The fourth-order valence-corrected chi connectivity index (χ4v) is 2.96. The Kier molecular flexibility index (Phi) is 5.63. The number of carbonyl (C=O) groups excluding carboxylic acids is 1. The van der Waals surface area contributed by atoms with Crippen LogP contribution in [0.25, 0.3) is 11.4 Å². The van der Waals surface area contributed by atoms with E-state index >= 15 is 0 Å². The average molecular weight is 412 g/mol. The first-order valence-electron chi connectivity index (χ1n) is 8.12. The van der Waals surface area contributed by atoms with Crippen LogP contribution in [0.15, 0.2) is 70.2 Å². The second kappa shape index (κ2) is 8.10. The minimum Gasteiger partial charge on any atom is -0.337 e. The zero-order valence-electron chi connectivity index (χ0n) is 14.4. The van der Waals surface area contributed by atoms with Gasteiger partial charge < -0.3 is 9.42 Å². The summed E-state index contributed by atoms with van der Waals surface area (Å²) < 4.78 is 6.20. The van der Waals surface area contributed by atoms with E-state index in [1.54, 1.807) is 23.1 Å². The van der Waals surface area contributed by atoms with Crippen LogP contribution in [0.1, 0.15) is 21.8 Å². The lowest BCUT2D eigenvalue weighted by Crippen LogP contribution is -2.30. The molecule has 1 amide bonds. The van der Waals surface area contributed by atoms with Gasteiger partial charge in [0.15, 0.2) is 0 Å². The van der Waals surface area contributed by atoms with Crippen molar-refractivity contribution in [3.05, 3.63) is 82.7 Å². The van der Waals surface area contributed by atoms with Crippen LogP contribution in [0.2, 0.25) is 0 Å². The molecule has 0 spiro atoms. The summed E-state index contributed by atoms with van der Waals surface area (Å²) >= 11 is 3.39. The van der Waals surface area contributed by atoms with E-state index in [9.17, 15) is 4.79 Å². The maximum Gasteiger partial charge on any atom is 0.254 e. The number of amides is 1. The minimum absolute atomic E-state index is 0.124. The number of carbonyl (C=O) groups is 1. The number of aryl methyl sites for hydroxylation is 1. The highest BCUT2D eigenvalue weighted by Gasteiger charge is 2.19. The monoisotopic (exact) mass is 411 g/mol. The summed E-state index contributed by atoms with van der Waals surface area (Å²) in [5.74, 6) is 0.769. The molecule has 3 aromatic rings. The minimum atomic E-state index is -0.124. The predicted octanol–water partition coefficient (Wildman–Crippen LogP) is 4.64. The van der Waals surface area contributed by atoms with E-state index < -0.39 is 0 Å². The van der Waals surface area contributed by atoms with E-state index in [0.717, 1.165) is 15.6 Å². The normalized spacial score (nSPS) is 10.5. The van der Waals surface area contributed by atoms with Gasteiger partial charge in [-0.3, -0.25) is 4.79 Å². The SMILES string of the molecule is C=CCN(Cc1nc(-c2cccc(C)c2)no1)C(=O)c1cccc(Br)c1. The summed E-state index contributed by atoms with van der Waals surface area (Å²) in [4.78, 5) is 18.8. The van der Waals surface area contributed by atoms with Crippen LogP contribution in [0.5, 0.6) is 0 Å². The second-order valence-electron chi connectivity index (χ2n) is 5.87. The summed E-state index contributed by atoms with van der Waals surface area (Å²) in [6.45, 7) is 6.34. The highest BCUT2D eigenvalue weighted by molar-refractivity contribution is 9.10. The first-order valence-corrected chi connectivity index (χ1v) is 8.91. The lowest BCUT2D eigenvalue weighted by atomic mass is 10.1. The molecule has 0 saturated carbocycles. The largest absolute Gasteiger partial charge is 0.337 e. The molecule has 0 atom stereocenters. The predicted molar refractivity (Wildman–Crippen MR) is 104 cm³/mol. The van der Waals surface area contributed by atoms with Crippen molar-refractivity contribution in [1.29, 1.82) is 0 Å². The van der Waals surface area contributed by atoms with Gasteiger partial charge in [-0.1, -0.05) is 57.0 Å². The molecule has 1 heterocycles. The highest BCUT2D eigenvalue weighted by atomic mass is 79.9. The van der Waals surface area contributed by atoms with Crippen molar-refractivity contribution in [2.75, 3.05) is 6.54 Å². The first-order chi connectivity index (χ1) is 12.6. The van der Waals surface area contributed by atoms with Gasteiger partial charge in [-0.15, -0.1) is 6.58 Å². The number of nitrogens with zero attached hydrogens (tertiary/aromatic N) is 3. The van der Waals surface area contributed by atoms with Crippen LogP contribution in [0.3, 0.4) is 0 Å². The molecule has 0 aliphatic heterocycles. The Morgan fingerprint density at radius 1 is 1.27 bits per heavy atom. The van der Waals surface area contributed by atoms with Gasteiger partial charge >= 0.3 is 0 Å². The van der Waals surface area contributed by atoms with Crippen LogP contribution >= 0.6 is 15.9 Å². The zero-order valence-corrected chi connectivity index (χ0v) is 15.9. The van der Waals surface area contributed by atoms with Gasteiger partial charge in [0, 0.05) is 22.1 Å². The number of hydrogen-bond donors (Lipinski definition) is 0. The fraction of sp³-hybridized carbons (Fsp3) is 0.150.